The Morgan fingerprint density at radius 3 is 2.42 bits per heavy atom. The van der Waals surface area contributed by atoms with Crippen molar-refractivity contribution in [3.05, 3.63) is 71.0 Å². The first-order valence-electron chi connectivity index (χ1n) is 9.71. The van der Waals surface area contributed by atoms with Crippen LogP contribution in [-0.4, -0.2) is 22.8 Å². The van der Waals surface area contributed by atoms with Crippen LogP contribution in [0.25, 0.3) is 0 Å². The van der Waals surface area contributed by atoms with E-state index in [1.165, 1.54) is 24.1 Å². The second kappa shape index (κ2) is 7.32. The molecule has 0 N–H and O–H groups in total. The zero-order valence-corrected chi connectivity index (χ0v) is 15.3. The summed E-state index contributed by atoms with van der Waals surface area (Å²) < 4.78 is 13.7. The molecule has 0 amide bonds. The summed E-state index contributed by atoms with van der Waals surface area (Å²) in [6, 6.07) is 16.2. The molecule has 2 aromatic rings. The molecule has 3 heteroatoms. The minimum Gasteiger partial charge on any atom is -0.294 e. The van der Waals surface area contributed by atoms with Gasteiger partial charge in [0.2, 0.25) is 0 Å². The van der Waals surface area contributed by atoms with Gasteiger partial charge in [-0.2, -0.15) is 0 Å². The van der Waals surface area contributed by atoms with Crippen molar-refractivity contribution < 1.29 is 9.18 Å². The van der Waals surface area contributed by atoms with Gasteiger partial charge < -0.3 is 0 Å². The normalized spacial score (nSPS) is 25.8. The van der Waals surface area contributed by atoms with Crippen LogP contribution >= 0.6 is 0 Å². The molecule has 0 aliphatic carbocycles. The van der Waals surface area contributed by atoms with E-state index in [-0.39, 0.29) is 17.5 Å². The van der Waals surface area contributed by atoms with Gasteiger partial charge in [-0.05, 0) is 61.9 Å². The molecule has 0 spiro atoms. The van der Waals surface area contributed by atoms with E-state index in [2.05, 4.69) is 35.2 Å². The fourth-order valence-electron chi connectivity index (χ4n) is 4.86. The van der Waals surface area contributed by atoms with Crippen molar-refractivity contribution in [1.29, 1.82) is 0 Å². The van der Waals surface area contributed by atoms with Gasteiger partial charge in [0.25, 0.3) is 0 Å². The molecule has 4 rings (SSSR count). The molecule has 2 saturated heterocycles. The lowest BCUT2D eigenvalue weighted by Crippen LogP contribution is -2.52. The summed E-state index contributed by atoms with van der Waals surface area (Å²) in [6.45, 7) is 2.81. The molecule has 2 unspecified atom stereocenters. The Morgan fingerprint density at radius 2 is 1.77 bits per heavy atom. The van der Waals surface area contributed by atoms with E-state index in [4.69, 9.17) is 0 Å². The van der Waals surface area contributed by atoms with Crippen molar-refractivity contribution >= 4 is 5.78 Å². The van der Waals surface area contributed by atoms with Crippen molar-refractivity contribution in [2.24, 2.45) is 5.92 Å². The second-order valence-corrected chi connectivity index (χ2v) is 7.95. The summed E-state index contributed by atoms with van der Waals surface area (Å²) in [6.07, 6.45) is 5.38. The number of Topliss-reactive ketones (excluding diaryl/α,β-unsaturated/α-hetero) is 1. The number of nitrogens with zero attached hydrogens (tertiary/aromatic N) is 1. The van der Waals surface area contributed by atoms with Gasteiger partial charge in [-0.25, -0.2) is 4.39 Å². The fourth-order valence-corrected chi connectivity index (χ4v) is 4.86. The number of hydrogen-bond donors (Lipinski definition) is 0. The van der Waals surface area contributed by atoms with Gasteiger partial charge in [0.05, 0.1) is 0 Å². The summed E-state index contributed by atoms with van der Waals surface area (Å²) in [4.78, 5) is 15.6. The van der Waals surface area contributed by atoms with Gasteiger partial charge in [0, 0.05) is 30.1 Å². The number of fused-ring (bicyclic) bond motifs is 2. The predicted molar refractivity (Wildman–Crippen MR) is 102 cm³/mol. The molecule has 2 aliphatic heterocycles. The Labute approximate surface area is 155 Å². The highest BCUT2D eigenvalue weighted by Gasteiger charge is 2.40. The molecule has 2 fully saturated rings. The van der Waals surface area contributed by atoms with Crippen molar-refractivity contribution in [3.63, 3.8) is 0 Å². The lowest BCUT2D eigenvalue weighted by molar-refractivity contribution is 0.00905. The van der Waals surface area contributed by atoms with Gasteiger partial charge in [-0.1, -0.05) is 36.8 Å². The number of carbonyl (C=O) groups excluding carboxylic acids is 1. The van der Waals surface area contributed by atoms with Gasteiger partial charge >= 0.3 is 0 Å². The molecule has 136 valence electrons. The largest absolute Gasteiger partial charge is 0.294 e. The van der Waals surface area contributed by atoms with Crippen LogP contribution in [0.1, 0.15) is 53.6 Å². The van der Waals surface area contributed by atoms with E-state index >= 15 is 0 Å². The van der Waals surface area contributed by atoms with E-state index in [0.717, 1.165) is 37.8 Å². The lowest BCUT2D eigenvalue weighted by atomic mass is 9.75. The maximum atomic E-state index is 13.7. The summed E-state index contributed by atoms with van der Waals surface area (Å²) in [5, 5.41) is 0. The first-order valence-corrected chi connectivity index (χ1v) is 9.71. The molecular formula is C23H26FNO. The number of carbonyl (C=O) groups is 1. The molecule has 2 nitrogen and oxygen atoms in total. The molecule has 0 aromatic heterocycles. The van der Waals surface area contributed by atoms with Crippen LogP contribution in [-0.2, 0) is 6.54 Å². The van der Waals surface area contributed by atoms with Crippen LogP contribution in [0.3, 0.4) is 0 Å². The number of hydrogen-bond acceptors (Lipinski definition) is 2. The maximum absolute atomic E-state index is 13.7. The number of benzene rings is 2. The molecule has 0 saturated carbocycles. The lowest BCUT2D eigenvalue weighted by Gasteiger charge is -2.48. The van der Waals surface area contributed by atoms with Gasteiger partial charge in [-0.15, -0.1) is 0 Å². The van der Waals surface area contributed by atoms with E-state index in [0.29, 0.717) is 17.6 Å². The predicted octanol–water partition coefficient (Wildman–Crippen LogP) is 5.15. The molecule has 26 heavy (non-hydrogen) atoms. The number of ketones is 1. The van der Waals surface area contributed by atoms with E-state index in [1.54, 1.807) is 0 Å². The summed E-state index contributed by atoms with van der Waals surface area (Å²) >= 11 is 0. The molecule has 0 radical (unpaired) electrons. The fraction of sp³-hybridized carbons (Fsp3) is 0.435. The number of halogens is 1. The van der Waals surface area contributed by atoms with Crippen LogP contribution in [0.2, 0.25) is 0 Å². The Morgan fingerprint density at radius 1 is 1.08 bits per heavy atom. The third kappa shape index (κ3) is 3.59. The van der Waals surface area contributed by atoms with Crippen LogP contribution in [0.4, 0.5) is 4.39 Å². The zero-order chi connectivity index (χ0) is 18.1. The number of aryl methyl sites for hydroxylation is 1. The summed E-state index contributed by atoms with van der Waals surface area (Å²) in [5.41, 5.74) is 2.70. The van der Waals surface area contributed by atoms with Crippen molar-refractivity contribution in [2.45, 2.75) is 57.7 Å². The molecule has 2 aromatic carbocycles. The maximum Gasteiger partial charge on any atom is 0.166 e. The van der Waals surface area contributed by atoms with Crippen molar-refractivity contribution in [3.8, 4) is 0 Å². The molecular weight excluding hydrogens is 325 g/mol. The smallest absolute Gasteiger partial charge is 0.166 e. The van der Waals surface area contributed by atoms with Crippen LogP contribution < -0.4 is 0 Å². The van der Waals surface area contributed by atoms with Gasteiger partial charge in [0.15, 0.2) is 5.78 Å². The van der Waals surface area contributed by atoms with Gasteiger partial charge in [0.1, 0.15) is 5.82 Å². The van der Waals surface area contributed by atoms with Crippen LogP contribution in [0, 0.1) is 18.7 Å². The highest BCUT2D eigenvalue weighted by molar-refractivity contribution is 5.98. The summed E-state index contributed by atoms with van der Waals surface area (Å²) in [5.74, 6) is -0.155. The second-order valence-electron chi connectivity index (χ2n) is 7.95. The average Bonchev–Trinajstić information content (AvgIpc) is 2.61. The quantitative estimate of drug-likeness (QED) is 0.710. The van der Waals surface area contributed by atoms with Crippen molar-refractivity contribution in [2.75, 3.05) is 0 Å². The first kappa shape index (κ1) is 17.4. The molecule has 2 atom stereocenters. The van der Waals surface area contributed by atoms with Crippen LogP contribution in [0.5, 0.6) is 0 Å². The first-order chi connectivity index (χ1) is 12.6. The molecule has 2 bridgehead atoms. The molecule has 2 heterocycles. The summed E-state index contributed by atoms with van der Waals surface area (Å²) in [7, 11) is 0. The van der Waals surface area contributed by atoms with E-state index < -0.39 is 0 Å². The van der Waals surface area contributed by atoms with E-state index in [9.17, 15) is 9.18 Å². The van der Waals surface area contributed by atoms with Crippen LogP contribution in [0.15, 0.2) is 48.5 Å². The Bertz CT molecular complexity index is 754. The van der Waals surface area contributed by atoms with E-state index in [1.807, 2.05) is 13.0 Å². The Kier molecular flexibility index (Phi) is 4.90. The van der Waals surface area contributed by atoms with Crippen molar-refractivity contribution in [1.82, 2.24) is 4.90 Å². The van der Waals surface area contributed by atoms with Gasteiger partial charge in [-0.3, -0.25) is 9.69 Å². The monoisotopic (exact) mass is 351 g/mol. The standard InChI is InChI=1S/C23H26FNO/c1-16-10-18(12-20(24)11-16)23(26)19-13-21-8-5-9-22(14-19)25(21)15-17-6-3-2-4-7-17/h2-4,6-7,10-12,19,21-22H,5,8-9,13-15H2,1H3. The Hall–Kier alpha value is -2.00. The third-order valence-corrected chi connectivity index (χ3v) is 6.03. The highest BCUT2D eigenvalue weighted by atomic mass is 19.1. The molecule has 2 aliphatic rings. The minimum atomic E-state index is -0.310. The number of piperidine rings is 2. The zero-order valence-electron chi connectivity index (χ0n) is 15.3. The minimum absolute atomic E-state index is 0.0264. The third-order valence-electron chi connectivity index (χ3n) is 6.03. The highest BCUT2D eigenvalue weighted by Crippen LogP contribution is 2.39. The number of rotatable bonds is 4. The SMILES string of the molecule is Cc1cc(F)cc(C(=O)C2CC3CCCC(C2)N3Cc2ccccc2)c1. The Balaban J connectivity index is 1.51. The average molecular weight is 351 g/mol. The topological polar surface area (TPSA) is 20.3 Å².